The van der Waals surface area contributed by atoms with E-state index < -0.39 is 0 Å². The maximum absolute atomic E-state index is 5.84. The van der Waals surface area contributed by atoms with Crippen LogP contribution < -0.4 is 0 Å². The van der Waals surface area contributed by atoms with Crippen molar-refractivity contribution in [3.8, 4) is 10.7 Å². The molecular weight excluding hydrogens is 328 g/mol. The second-order valence-corrected chi connectivity index (χ2v) is 6.66. The number of rotatable bonds is 5. The molecule has 0 bridgehead atoms. The zero-order chi connectivity index (χ0) is 16.4. The quantitative estimate of drug-likeness (QED) is 0.697. The van der Waals surface area contributed by atoms with Crippen LogP contribution in [0.1, 0.15) is 18.9 Å². The fourth-order valence-corrected chi connectivity index (χ4v) is 3.46. The number of aromatic nitrogens is 5. The van der Waals surface area contributed by atoms with E-state index in [2.05, 4.69) is 32.0 Å². The van der Waals surface area contributed by atoms with E-state index in [0.717, 1.165) is 18.0 Å². The Kier molecular flexibility index (Phi) is 4.37. The molecule has 0 spiro atoms. The number of hydrogen-bond acceptors (Lipinski definition) is 8. The summed E-state index contributed by atoms with van der Waals surface area (Å²) in [7, 11) is 0. The van der Waals surface area contributed by atoms with Crippen molar-refractivity contribution in [1.29, 1.82) is 0 Å². The third-order valence-electron chi connectivity index (χ3n) is 4.12. The van der Waals surface area contributed by atoms with Crippen LogP contribution in [0.3, 0.4) is 0 Å². The molecule has 3 aromatic heterocycles. The number of nitrogens with zero attached hydrogens (tertiary/aromatic N) is 6. The fourth-order valence-electron chi connectivity index (χ4n) is 2.81. The van der Waals surface area contributed by atoms with Gasteiger partial charge in [0, 0.05) is 13.1 Å². The van der Waals surface area contributed by atoms with Gasteiger partial charge in [0.15, 0.2) is 0 Å². The molecule has 4 heterocycles. The SMILES string of the molecule is C[C@@H](c1nc(-c2cccs2)no1)N1CCO[C@@H](Cn2cncn2)C1. The molecule has 2 atom stereocenters. The first-order valence-electron chi connectivity index (χ1n) is 7.85. The third kappa shape index (κ3) is 3.23. The van der Waals surface area contributed by atoms with Crippen LogP contribution in [0.25, 0.3) is 10.7 Å². The van der Waals surface area contributed by atoms with Gasteiger partial charge in [-0.2, -0.15) is 10.1 Å². The van der Waals surface area contributed by atoms with Gasteiger partial charge in [-0.1, -0.05) is 11.2 Å². The van der Waals surface area contributed by atoms with Crippen LogP contribution in [-0.2, 0) is 11.3 Å². The lowest BCUT2D eigenvalue weighted by molar-refractivity contribution is -0.0532. The van der Waals surface area contributed by atoms with Gasteiger partial charge in [0.1, 0.15) is 12.7 Å². The summed E-state index contributed by atoms with van der Waals surface area (Å²) < 4.78 is 13.1. The van der Waals surface area contributed by atoms with Crippen LogP contribution >= 0.6 is 11.3 Å². The van der Waals surface area contributed by atoms with Crippen molar-refractivity contribution < 1.29 is 9.26 Å². The van der Waals surface area contributed by atoms with E-state index >= 15 is 0 Å². The smallest absolute Gasteiger partial charge is 0.244 e. The first-order valence-corrected chi connectivity index (χ1v) is 8.73. The predicted molar refractivity (Wildman–Crippen MR) is 87.4 cm³/mol. The van der Waals surface area contributed by atoms with Crippen molar-refractivity contribution in [1.82, 2.24) is 29.8 Å². The van der Waals surface area contributed by atoms with Gasteiger partial charge in [0.25, 0.3) is 0 Å². The molecule has 0 aromatic carbocycles. The highest BCUT2D eigenvalue weighted by Crippen LogP contribution is 2.26. The lowest BCUT2D eigenvalue weighted by Crippen LogP contribution is -2.45. The Morgan fingerprint density at radius 3 is 3.21 bits per heavy atom. The van der Waals surface area contributed by atoms with E-state index in [1.807, 2.05) is 17.5 Å². The molecule has 1 fully saturated rings. The molecule has 0 amide bonds. The molecule has 0 radical (unpaired) electrons. The highest BCUT2D eigenvalue weighted by molar-refractivity contribution is 7.13. The predicted octanol–water partition coefficient (Wildman–Crippen LogP) is 1.85. The molecule has 8 nitrogen and oxygen atoms in total. The summed E-state index contributed by atoms with van der Waals surface area (Å²) in [6, 6.07) is 4.02. The molecule has 0 saturated carbocycles. The number of morpholine rings is 1. The second-order valence-electron chi connectivity index (χ2n) is 5.71. The van der Waals surface area contributed by atoms with Gasteiger partial charge in [-0.3, -0.25) is 9.58 Å². The van der Waals surface area contributed by atoms with E-state index in [1.165, 1.54) is 6.33 Å². The van der Waals surface area contributed by atoms with Crippen LogP contribution in [0.2, 0.25) is 0 Å². The maximum atomic E-state index is 5.84. The third-order valence-corrected chi connectivity index (χ3v) is 4.98. The van der Waals surface area contributed by atoms with Gasteiger partial charge in [-0.15, -0.1) is 11.3 Å². The summed E-state index contributed by atoms with van der Waals surface area (Å²) in [6.07, 6.45) is 3.31. The molecule has 126 valence electrons. The van der Waals surface area contributed by atoms with Gasteiger partial charge >= 0.3 is 0 Å². The van der Waals surface area contributed by atoms with Crippen molar-refractivity contribution in [2.24, 2.45) is 0 Å². The lowest BCUT2D eigenvalue weighted by Gasteiger charge is -2.35. The van der Waals surface area contributed by atoms with Crippen molar-refractivity contribution in [3.05, 3.63) is 36.1 Å². The maximum Gasteiger partial charge on any atom is 0.244 e. The zero-order valence-electron chi connectivity index (χ0n) is 13.3. The van der Waals surface area contributed by atoms with Gasteiger partial charge in [-0.25, -0.2) is 4.98 Å². The van der Waals surface area contributed by atoms with Crippen LogP contribution in [0, 0.1) is 0 Å². The Morgan fingerprint density at radius 2 is 2.42 bits per heavy atom. The Bertz CT molecular complexity index is 757. The van der Waals surface area contributed by atoms with Crippen LogP contribution in [0.5, 0.6) is 0 Å². The zero-order valence-corrected chi connectivity index (χ0v) is 14.1. The normalized spacial score (nSPS) is 20.3. The van der Waals surface area contributed by atoms with E-state index in [0.29, 0.717) is 24.9 Å². The van der Waals surface area contributed by atoms with Crippen molar-refractivity contribution in [3.63, 3.8) is 0 Å². The minimum atomic E-state index is 0.0494. The monoisotopic (exact) mass is 346 g/mol. The highest BCUT2D eigenvalue weighted by Gasteiger charge is 2.28. The van der Waals surface area contributed by atoms with E-state index in [4.69, 9.17) is 9.26 Å². The number of hydrogen-bond donors (Lipinski definition) is 0. The Balaban J connectivity index is 1.43. The van der Waals surface area contributed by atoms with E-state index in [1.54, 1.807) is 22.3 Å². The van der Waals surface area contributed by atoms with Gasteiger partial charge in [0.05, 0.1) is 30.2 Å². The molecule has 0 N–H and O–H groups in total. The first kappa shape index (κ1) is 15.4. The molecule has 0 unspecified atom stereocenters. The molecule has 9 heteroatoms. The summed E-state index contributed by atoms with van der Waals surface area (Å²) in [5, 5.41) is 10.2. The Morgan fingerprint density at radius 1 is 1.46 bits per heavy atom. The number of thiophene rings is 1. The van der Waals surface area contributed by atoms with Crippen LogP contribution in [0.15, 0.2) is 34.7 Å². The summed E-state index contributed by atoms with van der Waals surface area (Å²) in [5.41, 5.74) is 0. The summed E-state index contributed by atoms with van der Waals surface area (Å²) >= 11 is 1.60. The van der Waals surface area contributed by atoms with Crippen LogP contribution in [0.4, 0.5) is 0 Å². The fraction of sp³-hybridized carbons (Fsp3) is 0.467. The van der Waals surface area contributed by atoms with Crippen molar-refractivity contribution >= 4 is 11.3 Å². The minimum Gasteiger partial charge on any atom is -0.374 e. The average Bonchev–Trinajstić information content (AvgIpc) is 3.35. The standard InChI is InChI=1S/C15H18N6O2S/c1-11(15-18-14(19-23-15)13-3-2-6-24-13)20-4-5-22-12(7-20)8-21-10-16-9-17-21/h2-3,6,9-12H,4-5,7-8H2,1H3/t11-,12+/m0/s1. The van der Waals surface area contributed by atoms with Gasteiger partial charge in [0.2, 0.25) is 11.7 Å². The first-order chi connectivity index (χ1) is 11.8. The average molecular weight is 346 g/mol. The topological polar surface area (TPSA) is 82.1 Å². The Hall–Kier alpha value is -2.10. The summed E-state index contributed by atoms with van der Waals surface area (Å²) in [6.45, 7) is 5.08. The van der Waals surface area contributed by atoms with Crippen molar-refractivity contribution in [2.45, 2.75) is 25.6 Å². The van der Waals surface area contributed by atoms with E-state index in [-0.39, 0.29) is 12.1 Å². The summed E-state index contributed by atoms with van der Waals surface area (Å²) in [5.74, 6) is 1.29. The molecule has 24 heavy (non-hydrogen) atoms. The highest BCUT2D eigenvalue weighted by atomic mass is 32.1. The Labute approximate surface area is 143 Å². The van der Waals surface area contributed by atoms with E-state index in [9.17, 15) is 0 Å². The van der Waals surface area contributed by atoms with Gasteiger partial charge < -0.3 is 9.26 Å². The second kappa shape index (κ2) is 6.80. The minimum absolute atomic E-state index is 0.0494. The molecule has 1 aliphatic heterocycles. The molecule has 1 aliphatic rings. The lowest BCUT2D eigenvalue weighted by atomic mass is 10.2. The van der Waals surface area contributed by atoms with Crippen molar-refractivity contribution in [2.75, 3.05) is 19.7 Å². The molecule has 1 saturated heterocycles. The largest absolute Gasteiger partial charge is 0.374 e. The number of ether oxygens (including phenoxy) is 1. The molecule has 3 aromatic rings. The summed E-state index contributed by atoms with van der Waals surface area (Å²) in [4.78, 5) is 11.8. The van der Waals surface area contributed by atoms with Crippen LogP contribution in [-0.4, -0.2) is 55.6 Å². The molecule has 0 aliphatic carbocycles. The molecule has 4 rings (SSSR count). The van der Waals surface area contributed by atoms with Gasteiger partial charge in [-0.05, 0) is 18.4 Å². The molecular formula is C15H18N6O2S.